The van der Waals surface area contributed by atoms with Crippen molar-refractivity contribution in [3.05, 3.63) is 23.8 Å². The molecule has 0 radical (unpaired) electrons. The van der Waals surface area contributed by atoms with Gasteiger partial charge in [0, 0.05) is 12.6 Å². The zero-order chi connectivity index (χ0) is 20.0. The van der Waals surface area contributed by atoms with Crippen molar-refractivity contribution in [2.24, 2.45) is 0 Å². The summed E-state index contributed by atoms with van der Waals surface area (Å²) in [5.41, 5.74) is 0.346. The molecule has 1 unspecified atom stereocenters. The second kappa shape index (κ2) is 8.83. The Balaban J connectivity index is 1.83. The molecule has 8 heteroatoms. The smallest absolute Gasteiger partial charge is 0.454 e. The van der Waals surface area contributed by atoms with Crippen molar-refractivity contribution in [2.75, 3.05) is 20.1 Å². The first-order valence-corrected chi connectivity index (χ1v) is 8.87. The lowest BCUT2D eigenvalue weighted by molar-refractivity contribution is -0.0529. The van der Waals surface area contributed by atoms with E-state index in [-0.39, 0.29) is 12.8 Å². The van der Waals surface area contributed by atoms with Gasteiger partial charge in [0.1, 0.15) is 5.60 Å². The summed E-state index contributed by atoms with van der Waals surface area (Å²) in [4.78, 5) is 25.3. The number of benzene rings is 1. The molecule has 0 aromatic heterocycles. The molecule has 0 aliphatic carbocycles. The Kier molecular flexibility index (Phi) is 6.76. The molecule has 8 nitrogen and oxygen atoms in total. The third kappa shape index (κ3) is 6.23. The summed E-state index contributed by atoms with van der Waals surface area (Å²) in [7, 11) is 0. The van der Waals surface area contributed by atoms with Gasteiger partial charge in [-0.2, -0.15) is 0 Å². The highest BCUT2D eigenvalue weighted by Crippen LogP contribution is 2.33. The summed E-state index contributed by atoms with van der Waals surface area (Å²) in [5.74, 6) is 1.42. The van der Waals surface area contributed by atoms with Crippen molar-refractivity contribution in [3.63, 3.8) is 0 Å². The molecule has 150 valence electrons. The lowest BCUT2D eigenvalue weighted by Gasteiger charge is -2.27. The van der Waals surface area contributed by atoms with E-state index in [2.05, 4.69) is 0 Å². The standard InChI is InChI=1S/C19H27NO7/c1-6-20(17(21)25-12-26-18(22)27-19(3,4)5)13(2)9-14-7-8-15-16(10-14)24-11-23-15/h7-8,10,13H,6,9,11-12H2,1-5H3. The number of ether oxygens (including phenoxy) is 5. The van der Waals surface area contributed by atoms with Gasteiger partial charge in [0.05, 0.1) is 0 Å². The number of hydrogen-bond donors (Lipinski definition) is 0. The quantitative estimate of drug-likeness (QED) is 0.548. The summed E-state index contributed by atoms with van der Waals surface area (Å²) < 4.78 is 25.5. The van der Waals surface area contributed by atoms with E-state index in [0.29, 0.717) is 18.7 Å². The molecule has 2 rings (SSSR count). The Labute approximate surface area is 159 Å². The Morgan fingerprint density at radius 2 is 1.89 bits per heavy atom. The Hall–Kier alpha value is -2.64. The fourth-order valence-corrected chi connectivity index (χ4v) is 2.63. The maximum atomic E-state index is 12.3. The third-order valence-electron chi connectivity index (χ3n) is 3.82. The second-order valence-corrected chi connectivity index (χ2v) is 7.16. The number of rotatable bonds is 6. The van der Waals surface area contributed by atoms with Crippen molar-refractivity contribution in [1.82, 2.24) is 4.90 Å². The van der Waals surface area contributed by atoms with Crippen molar-refractivity contribution in [2.45, 2.75) is 52.7 Å². The third-order valence-corrected chi connectivity index (χ3v) is 3.82. The molecular weight excluding hydrogens is 354 g/mol. The van der Waals surface area contributed by atoms with Crippen LogP contribution in [0.4, 0.5) is 9.59 Å². The van der Waals surface area contributed by atoms with E-state index in [9.17, 15) is 9.59 Å². The van der Waals surface area contributed by atoms with Crippen LogP contribution in [0.2, 0.25) is 0 Å². The molecule has 0 fully saturated rings. The van der Waals surface area contributed by atoms with Crippen molar-refractivity contribution in [1.29, 1.82) is 0 Å². The van der Waals surface area contributed by atoms with Gasteiger partial charge in [-0.3, -0.25) is 0 Å². The summed E-state index contributed by atoms with van der Waals surface area (Å²) in [6, 6.07) is 5.58. The van der Waals surface area contributed by atoms with Gasteiger partial charge in [-0.15, -0.1) is 0 Å². The molecule has 1 aromatic rings. The number of hydrogen-bond acceptors (Lipinski definition) is 7. The second-order valence-electron chi connectivity index (χ2n) is 7.16. The molecule has 1 aromatic carbocycles. The first-order chi connectivity index (χ1) is 12.7. The number of nitrogens with zero attached hydrogens (tertiary/aromatic N) is 1. The monoisotopic (exact) mass is 381 g/mol. The highest BCUT2D eigenvalue weighted by atomic mass is 16.8. The molecule has 0 N–H and O–H groups in total. The van der Waals surface area contributed by atoms with Crippen LogP contribution >= 0.6 is 0 Å². The maximum absolute atomic E-state index is 12.3. The molecule has 1 atom stereocenters. The average molecular weight is 381 g/mol. The van der Waals surface area contributed by atoms with Crippen molar-refractivity contribution < 1.29 is 33.3 Å². The van der Waals surface area contributed by atoms with Crippen molar-refractivity contribution in [3.8, 4) is 11.5 Å². The summed E-state index contributed by atoms with van der Waals surface area (Å²) in [6.45, 7) is 9.11. The molecule has 27 heavy (non-hydrogen) atoms. The zero-order valence-corrected chi connectivity index (χ0v) is 16.4. The molecule has 0 saturated heterocycles. The van der Waals surface area contributed by atoms with E-state index in [1.165, 1.54) is 0 Å². The SMILES string of the molecule is CCN(C(=O)OCOC(=O)OC(C)(C)C)C(C)Cc1ccc2c(c1)OCO2. The van der Waals surface area contributed by atoms with Gasteiger partial charge in [0.25, 0.3) is 0 Å². The van der Waals surface area contributed by atoms with Crippen LogP contribution in [0, 0.1) is 0 Å². The number of carbonyl (C=O) groups excluding carboxylic acids is 2. The molecule has 1 aliphatic rings. The van der Waals surface area contributed by atoms with Crippen molar-refractivity contribution >= 4 is 12.2 Å². The number of amides is 1. The fourth-order valence-electron chi connectivity index (χ4n) is 2.63. The van der Waals surface area contributed by atoms with Crippen LogP contribution < -0.4 is 9.47 Å². The fraction of sp³-hybridized carbons (Fsp3) is 0.579. The average Bonchev–Trinajstić information content (AvgIpc) is 3.01. The van der Waals surface area contributed by atoms with E-state index < -0.39 is 24.6 Å². The van der Waals surface area contributed by atoms with Gasteiger partial charge in [-0.05, 0) is 58.7 Å². The highest BCUT2D eigenvalue weighted by molar-refractivity contribution is 5.68. The number of fused-ring (bicyclic) bond motifs is 1. The van der Waals surface area contributed by atoms with Crippen LogP contribution in [0.1, 0.15) is 40.2 Å². The molecule has 1 heterocycles. The van der Waals surface area contributed by atoms with E-state index in [4.69, 9.17) is 23.7 Å². The van der Waals surface area contributed by atoms with Crippen LogP contribution in [-0.2, 0) is 20.6 Å². The van der Waals surface area contributed by atoms with Crippen LogP contribution in [0.25, 0.3) is 0 Å². The normalized spacial score (nSPS) is 13.7. The van der Waals surface area contributed by atoms with Crippen LogP contribution in [-0.4, -0.2) is 48.9 Å². The van der Waals surface area contributed by atoms with E-state index >= 15 is 0 Å². The minimum absolute atomic E-state index is 0.121. The molecule has 1 aliphatic heterocycles. The van der Waals surface area contributed by atoms with Gasteiger partial charge < -0.3 is 28.6 Å². The van der Waals surface area contributed by atoms with Gasteiger partial charge >= 0.3 is 12.2 Å². The predicted octanol–water partition coefficient (Wildman–Crippen LogP) is 3.71. The minimum Gasteiger partial charge on any atom is -0.454 e. The van der Waals surface area contributed by atoms with E-state index in [1.54, 1.807) is 25.7 Å². The molecule has 0 saturated carbocycles. The molecule has 0 bridgehead atoms. The zero-order valence-electron chi connectivity index (χ0n) is 16.4. The Morgan fingerprint density at radius 1 is 1.19 bits per heavy atom. The summed E-state index contributed by atoms with van der Waals surface area (Å²) >= 11 is 0. The lowest BCUT2D eigenvalue weighted by atomic mass is 10.1. The Morgan fingerprint density at radius 3 is 2.56 bits per heavy atom. The molecule has 1 amide bonds. The first kappa shape index (κ1) is 20.7. The topological polar surface area (TPSA) is 83.5 Å². The van der Waals surface area contributed by atoms with Gasteiger partial charge in [0.15, 0.2) is 11.5 Å². The van der Waals surface area contributed by atoms with Crippen LogP contribution in [0.5, 0.6) is 11.5 Å². The Bertz CT molecular complexity index is 669. The minimum atomic E-state index is -0.883. The van der Waals surface area contributed by atoms with Gasteiger partial charge in [-0.25, -0.2) is 9.59 Å². The van der Waals surface area contributed by atoms with Crippen LogP contribution in [0.3, 0.4) is 0 Å². The van der Waals surface area contributed by atoms with E-state index in [1.807, 2.05) is 32.0 Å². The highest BCUT2D eigenvalue weighted by Gasteiger charge is 2.23. The molecular formula is C19H27NO7. The molecule has 0 spiro atoms. The van der Waals surface area contributed by atoms with Gasteiger partial charge in [0.2, 0.25) is 13.6 Å². The largest absolute Gasteiger partial charge is 0.511 e. The van der Waals surface area contributed by atoms with E-state index in [0.717, 1.165) is 11.3 Å². The number of carbonyl (C=O) groups is 2. The summed E-state index contributed by atoms with van der Waals surface area (Å²) in [6.07, 6.45) is -0.826. The summed E-state index contributed by atoms with van der Waals surface area (Å²) in [5, 5.41) is 0. The first-order valence-electron chi connectivity index (χ1n) is 8.87. The lowest BCUT2D eigenvalue weighted by Crippen LogP contribution is -2.40. The maximum Gasteiger partial charge on any atom is 0.511 e. The predicted molar refractivity (Wildman–Crippen MR) is 96.8 cm³/mol. The number of likely N-dealkylation sites (N-methyl/N-ethyl adjacent to an activating group) is 1. The van der Waals surface area contributed by atoms with Gasteiger partial charge in [-0.1, -0.05) is 6.07 Å². The van der Waals surface area contributed by atoms with Crippen LogP contribution in [0.15, 0.2) is 18.2 Å².